The highest BCUT2D eigenvalue weighted by Crippen LogP contribution is 2.27. The lowest BCUT2D eigenvalue weighted by Gasteiger charge is -2.33. The lowest BCUT2D eigenvalue weighted by Crippen LogP contribution is -2.55. The Balaban J connectivity index is 2.47. The van der Waals surface area contributed by atoms with Crippen LogP contribution in [0.5, 0.6) is 5.75 Å². The van der Waals surface area contributed by atoms with E-state index in [1.165, 1.54) is 0 Å². The van der Waals surface area contributed by atoms with Gasteiger partial charge in [0.15, 0.2) is 0 Å². The third-order valence-corrected chi connectivity index (χ3v) is 4.13. The summed E-state index contributed by atoms with van der Waals surface area (Å²) in [5, 5.41) is 3.92. The molecular weight excluding hydrogens is 311 g/mol. The van der Waals surface area contributed by atoms with Crippen molar-refractivity contribution in [2.45, 2.75) is 32.7 Å². The number of nitrogens with one attached hydrogen (secondary N) is 1. The minimum Gasteiger partial charge on any atom is -0.491 e. The van der Waals surface area contributed by atoms with Gasteiger partial charge < -0.3 is 15.8 Å². The molecule has 1 aromatic carbocycles. The maximum absolute atomic E-state index is 12.0. The fourth-order valence-electron chi connectivity index (χ4n) is 1.66. The number of carbonyl (C=O) groups excluding carboxylic acids is 1. The van der Waals surface area contributed by atoms with Crippen LogP contribution < -0.4 is 15.8 Å². The molecule has 4 nitrogen and oxygen atoms in total. The third-order valence-electron chi connectivity index (χ3n) is 3.60. The maximum atomic E-state index is 12.0. The third kappa shape index (κ3) is 5.38. The molecule has 0 spiro atoms. The van der Waals surface area contributed by atoms with Gasteiger partial charge in [-0.25, -0.2) is 0 Å². The van der Waals surface area contributed by atoms with E-state index in [1.807, 2.05) is 20.8 Å². The Morgan fingerprint density at radius 2 is 2.10 bits per heavy atom. The molecule has 0 saturated carbocycles. The minimum absolute atomic E-state index is 0.0956. The standard InChI is InChI=1S/C15H22Cl2N2O2/c1-10(2)15(3,9-18)19-14(20)6-7-21-13-5-4-11(16)8-12(13)17/h4-5,8,10H,6-7,9,18H2,1-3H3,(H,19,20). The molecule has 1 aromatic rings. The first-order valence-corrected chi connectivity index (χ1v) is 7.63. The van der Waals surface area contributed by atoms with E-state index in [2.05, 4.69) is 5.32 Å². The molecule has 0 aliphatic heterocycles. The molecule has 118 valence electrons. The van der Waals surface area contributed by atoms with Gasteiger partial charge in [-0.2, -0.15) is 0 Å². The first kappa shape index (κ1) is 18.1. The van der Waals surface area contributed by atoms with Crippen LogP contribution in [-0.2, 0) is 4.79 Å². The Morgan fingerprint density at radius 1 is 1.43 bits per heavy atom. The average Bonchev–Trinajstić information content (AvgIpc) is 2.40. The molecule has 3 N–H and O–H groups in total. The fraction of sp³-hybridized carbons (Fsp3) is 0.533. The molecule has 0 bridgehead atoms. The molecule has 21 heavy (non-hydrogen) atoms. The lowest BCUT2D eigenvalue weighted by atomic mass is 9.88. The van der Waals surface area contributed by atoms with Gasteiger partial charge in [-0.15, -0.1) is 0 Å². The predicted octanol–water partition coefficient (Wildman–Crippen LogP) is 3.25. The van der Waals surface area contributed by atoms with E-state index in [9.17, 15) is 4.79 Å². The Morgan fingerprint density at radius 3 is 2.62 bits per heavy atom. The zero-order chi connectivity index (χ0) is 16.0. The minimum atomic E-state index is -0.408. The van der Waals surface area contributed by atoms with Gasteiger partial charge in [0.2, 0.25) is 5.91 Å². The van der Waals surface area contributed by atoms with Crippen LogP contribution in [0.2, 0.25) is 10.0 Å². The highest BCUT2D eigenvalue weighted by atomic mass is 35.5. The summed E-state index contributed by atoms with van der Waals surface area (Å²) in [6, 6.07) is 4.97. The van der Waals surface area contributed by atoms with Crippen LogP contribution in [0.15, 0.2) is 18.2 Å². The van der Waals surface area contributed by atoms with Crippen molar-refractivity contribution in [3.05, 3.63) is 28.2 Å². The molecule has 6 heteroatoms. The molecule has 1 rings (SSSR count). The van der Waals surface area contributed by atoms with Gasteiger partial charge in [-0.05, 0) is 31.0 Å². The summed E-state index contributed by atoms with van der Waals surface area (Å²) in [6.45, 7) is 6.62. The average molecular weight is 333 g/mol. The highest BCUT2D eigenvalue weighted by molar-refractivity contribution is 6.35. The van der Waals surface area contributed by atoms with Gasteiger partial charge in [0, 0.05) is 11.6 Å². The molecule has 0 heterocycles. The number of rotatable bonds is 7. The number of carbonyl (C=O) groups is 1. The highest BCUT2D eigenvalue weighted by Gasteiger charge is 2.28. The summed E-state index contributed by atoms with van der Waals surface area (Å²) in [4.78, 5) is 12.0. The molecule has 0 aromatic heterocycles. The molecule has 0 fully saturated rings. The van der Waals surface area contributed by atoms with Crippen molar-refractivity contribution in [1.82, 2.24) is 5.32 Å². The van der Waals surface area contributed by atoms with E-state index in [0.717, 1.165) is 0 Å². The van der Waals surface area contributed by atoms with Crippen molar-refractivity contribution in [3.63, 3.8) is 0 Å². The van der Waals surface area contributed by atoms with Crippen molar-refractivity contribution >= 4 is 29.1 Å². The van der Waals surface area contributed by atoms with E-state index in [4.69, 9.17) is 33.7 Å². The van der Waals surface area contributed by atoms with E-state index in [-0.39, 0.29) is 24.9 Å². The number of amides is 1. The maximum Gasteiger partial charge on any atom is 0.223 e. The zero-order valence-electron chi connectivity index (χ0n) is 12.6. The summed E-state index contributed by atoms with van der Waals surface area (Å²) in [5.41, 5.74) is 5.33. The Bertz CT molecular complexity index is 495. The van der Waals surface area contributed by atoms with Crippen molar-refractivity contribution < 1.29 is 9.53 Å². The molecule has 0 saturated heterocycles. The Labute approximate surface area is 135 Å². The molecule has 0 aliphatic rings. The number of benzene rings is 1. The molecule has 0 radical (unpaired) electrons. The molecule has 1 unspecified atom stereocenters. The predicted molar refractivity (Wildman–Crippen MR) is 87.0 cm³/mol. The van der Waals surface area contributed by atoms with Crippen molar-refractivity contribution in [3.8, 4) is 5.75 Å². The summed E-state index contributed by atoms with van der Waals surface area (Å²) in [7, 11) is 0. The number of nitrogens with two attached hydrogens (primary N) is 1. The van der Waals surface area contributed by atoms with Crippen LogP contribution in [0.1, 0.15) is 27.2 Å². The van der Waals surface area contributed by atoms with Gasteiger partial charge in [-0.1, -0.05) is 37.0 Å². The van der Waals surface area contributed by atoms with Gasteiger partial charge >= 0.3 is 0 Å². The molecule has 1 atom stereocenters. The molecular formula is C15H22Cl2N2O2. The van der Waals surface area contributed by atoms with E-state index in [0.29, 0.717) is 22.3 Å². The Hall–Kier alpha value is -0.970. The number of hydrogen-bond acceptors (Lipinski definition) is 3. The second-order valence-electron chi connectivity index (χ2n) is 5.50. The van der Waals surface area contributed by atoms with E-state index in [1.54, 1.807) is 18.2 Å². The van der Waals surface area contributed by atoms with Gasteiger partial charge in [0.05, 0.1) is 23.6 Å². The smallest absolute Gasteiger partial charge is 0.223 e. The van der Waals surface area contributed by atoms with Gasteiger partial charge in [-0.3, -0.25) is 4.79 Å². The van der Waals surface area contributed by atoms with Crippen LogP contribution in [0, 0.1) is 5.92 Å². The number of hydrogen-bond donors (Lipinski definition) is 2. The van der Waals surface area contributed by atoms with Crippen LogP contribution in [0.4, 0.5) is 0 Å². The SMILES string of the molecule is CC(C)C(C)(CN)NC(=O)CCOc1ccc(Cl)cc1Cl. The van der Waals surface area contributed by atoms with Crippen LogP contribution in [0.3, 0.4) is 0 Å². The summed E-state index contributed by atoms with van der Waals surface area (Å²) in [6.07, 6.45) is 0.237. The quantitative estimate of drug-likeness (QED) is 0.805. The van der Waals surface area contributed by atoms with Crippen LogP contribution in [0.25, 0.3) is 0 Å². The zero-order valence-corrected chi connectivity index (χ0v) is 14.1. The van der Waals surface area contributed by atoms with Crippen molar-refractivity contribution in [2.24, 2.45) is 11.7 Å². The van der Waals surface area contributed by atoms with Gasteiger partial charge in [0.25, 0.3) is 0 Å². The summed E-state index contributed by atoms with van der Waals surface area (Å²) in [5.74, 6) is 0.666. The second kappa shape index (κ2) is 7.87. The first-order valence-electron chi connectivity index (χ1n) is 6.87. The number of ether oxygens (including phenoxy) is 1. The first-order chi connectivity index (χ1) is 9.78. The van der Waals surface area contributed by atoms with Gasteiger partial charge in [0.1, 0.15) is 5.75 Å². The summed E-state index contributed by atoms with van der Waals surface area (Å²) >= 11 is 11.8. The largest absolute Gasteiger partial charge is 0.491 e. The second-order valence-corrected chi connectivity index (χ2v) is 6.34. The molecule has 1 amide bonds. The topological polar surface area (TPSA) is 64.3 Å². The van der Waals surface area contributed by atoms with E-state index >= 15 is 0 Å². The monoisotopic (exact) mass is 332 g/mol. The Kier molecular flexibility index (Phi) is 6.78. The molecule has 0 aliphatic carbocycles. The van der Waals surface area contributed by atoms with Crippen LogP contribution >= 0.6 is 23.2 Å². The van der Waals surface area contributed by atoms with Crippen LogP contribution in [-0.4, -0.2) is 24.6 Å². The van der Waals surface area contributed by atoms with Crippen molar-refractivity contribution in [2.75, 3.05) is 13.2 Å². The van der Waals surface area contributed by atoms with Crippen molar-refractivity contribution in [1.29, 1.82) is 0 Å². The summed E-state index contributed by atoms with van der Waals surface area (Å²) < 4.78 is 5.49. The lowest BCUT2D eigenvalue weighted by molar-refractivity contribution is -0.123. The van der Waals surface area contributed by atoms with E-state index < -0.39 is 5.54 Å². The fourth-order valence-corrected chi connectivity index (χ4v) is 2.12. The number of halogens is 2. The normalized spacial score (nSPS) is 13.9.